The molecule has 0 aliphatic heterocycles. The highest BCUT2D eigenvalue weighted by Crippen LogP contribution is 2.38. The molecular weight excluding hydrogens is 340 g/mol. The fourth-order valence-electron chi connectivity index (χ4n) is 1.99. The normalized spacial score (nSPS) is 13.8. The van der Waals surface area contributed by atoms with Gasteiger partial charge in [0.05, 0.1) is 0 Å². The molecule has 4 heteroatoms. The van der Waals surface area contributed by atoms with Crippen molar-refractivity contribution in [2.75, 3.05) is 6.61 Å². The molecule has 0 aliphatic carbocycles. The first-order valence-corrected chi connectivity index (χ1v) is 15.4. The van der Waals surface area contributed by atoms with E-state index in [4.69, 9.17) is 8.85 Å². The minimum Gasteiger partial charge on any atom is -0.544 e. The Morgan fingerprint density at radius 3 is 1.68 bits per heavy atom. The van der Waals surface area contributed by atoms with Crippen LogP contribution in [0.1, 0.15) is 53.5 Å². The molecule has 0 spiro atoms. The Kier molecular flexibility index (Phi) is 7.16. The van der Waals surface area contributed by atoms with E-state index < -0.39 is 16.6 Å². The van der Waals surface area contributed by atoms with E-state index in [2.05, 4.69) is 92.0 Å². The van der Waals surface area contributed by atoms with Crippen LogP contribution in [0.5, 0.6) is 5.75 Å². The van der Waals surface area contributed by atoms with Gasteiger partial charge in [-0.25, -0.2) is 0 Å². The fourth-order valence-corrected chi connectivity index (χ4v) is 4.11. The minimum atomic E-state index is -1.75. The second-order valence-electron chi connectivity index (χ2n) is 10.2. The predicted molar refractivity (Wildman–Crippen MR) is 116 cm³/mol. The molecule has 0 fully saturated rings. The van der Waals surface area contributed by atoms with Crippen molar-refractivity contribution in [3.05, 3.63) is 29.8 Å². The van der Waals surface area contributed by atoms with Gasteiger partial charge >= 0.3 is 0 Å². The number of hydrogen-bond donors (Lipinski definition) is 0. The topological polar surface area (TPSA) is 18.5 Å². The number of aryl methyl sites for hydroxylation is 1. The Morgan fingerprint density at radius 2 is 1.24 bits per heavy atom. The maximum atomic E-state index is 6.35. The number of benzene rings is 1. The van der Waals surface area contributed by atoms with Crippen LogP contribution in [0.4, 0.5) is 0 Å². The van der Waals surface area contributed by atoms with Crippen LogP contribution < -0.4 is 4.43 Å². The highest BCUT2D eigenvalue weighted by molar-refractivity contribution is 6.75. The zero-order valence-electron chi connectivity index (χ0n) is 18.2. The Hall–Kier alpha value is -0.586. The average molecular weight is 381 g/mol. The van der Waals surface area contributed by atoms with Gasteiger partial charge in [0.15, 0.2) is 8.32 Å². The van der Waals surface area contributed by atoms with Crippen LogP contribution in [0, 0.1) is 0 Å². The van der Waals surface area contributed by atoms with Gasteiger partial charge in [-0.05, 0) is 66.8 Å². The Morgan fingerprint density at radius 1 is 0.760 bits per heavy atom. The molecule has 2 nitrogen and oxygen atoms in total. The van der Waals surface area contributed by atoms with E-state index in [-0.39, 0.29) is 10.1 Å². The lowest BCUT2D eigenvalue weighted by Crippen LogP contribution is -2.43. The van der Waals surface area contributed by atoms with E-state index in [0.29, 0.717) is 0 Å². The average Bonchev–Trinajstić information content (AvgIpc) is 2.42. The molecule has 0 aliphatic rings. The van der Waals surface area contributed by atoms with Crippen LogP contribution in [-0.2, 0) is 10.8 Å². The Bertz CT molecular complexity index is 534. The summed E-state index contributed by atoms with van der Waals surface area (Å²) in [6.07, 6.45) is 2.14. The fraction of sp³-hybridized carbons (Fsp3) is 0.714. The van der Waals surface area contributed by atoms with E-state index in [1.165, 1.54) is 5.56 Å². The molecule has 0 unspecified atom stereocenters. The molecule has 0 bridgehead atoms. The largest absolute Gasteiger partial charge is 0.544 e. The molecule has 0 saturated carbocycles. The third kappa shape index (κ3) is 6.57. The summed E-state index contributed by atoms with van der Waals surface area (Å²) in [7, 11) is -3.36. The number of rotatable bonds is 7. The van der Waals surface area contributed by atoms with Gasteiger partial charge in [0.2, 0.25) is 8.32 Å². The van der Waals surface area contributed by atoms with Crippen molar-refractivity contribution in [1.82, 2.24) is 0 Å². The minimum absolute atomic E-state index is 0.229. The van der Waals surface area contributed by atoms with Crippen molar-refractivity contribution in [3.63, 3.8) is 0 Å². The zero-order chi connectivity index (χ0) is 19.5. The molecule has 1 aromatic rings. The summed E-state index contributed by atoms with van der Waals surface area (Å²) in [6.45, 7) is 23.8. The molecule has 0 amide bonds. The van der Waals surface area contributed by atoms with Crippen molar-refractivity contribution >= 4 is 16.6 Å². The lowest BCUT2D eigenvalue weighted by molar-refractivity contribution is 0.282. The van der Waals surface area contributed by atoms with E-state index in [9.17, 15) is 0 Å². The molecule has 1 aromatic carbocycles. The smallest absolute Gasteiger partial charge is 0.250 e. The zero-order valence-corrected chi connectivity index (χ0v) is 20.2. The van der Waals surface area contributed by atoms with Crippen LogP contribution in [-0.4, -0.2) is 23.2 Å². The molecule has 0 atom stereocenters. The predicted octanol–water partition coefficient (Wildman–Crippen LogP) is 7.03. The molecule has 25 heavy (non-hydrogen) atoms. The summed E-state index contributed by atoms with van der Waals surface area (Å²) in [5.41, 5.74) is 1.36. The first kappa shape index (κ1) is 22.5. The van der Waals surface area contributed by atoms with E-state index in [0.717, 1.165) is 25.2 Å². The highest BCUT2D eigenvalue weighted by atomic mass is 28.4. The lowest BCUT2D eigenvalue weighted by Gasteiger charge is -2.36. The quantitative estimate of drug-likeness (QED) is 0.373. The van der Waals surface area contributed by atoms with Crippen LogP contribution in [0.2, 0.25) is 36.3 Å². The van der Waals surface area contributed by atoms with Gasteiger partial charge in [0.25, 0.3) is 0 Å². The van der Waals surface area contributed by atoms with E-state index in [1.54, 1.807) is 0 Å². The van der Waals surface area contributed by atoms with Gasteiger partial charge < -0.3 is 8.85 Å². The van der Waals surface area contributed by atoms with Crippen molar-refractivity contribution in [3.8, 4) is 5.75 Å². The van der Waals surface area contributed by atoms with E-state index >= 15 is 0 Å². The van der Waals surface area contributed by atoms with E-state index in [1.807, 2.05) is 0 Å². The SMILES string of the molecule is CC(C)(C)[Si](C)(C)OCCCc1ccc(O[Si](C)(C)C(C)(C)C)cc1. The maximum Gasteiger partial charge on any atom is 0.250 e. The molecular formula is C21H40O2Si2. The lowest BCUT2D eigenvalue weighted by atomic mass is 10.1. The van der Waals surface area contributed by atoms with Crippen molar-refractivity contribution < 1.29 is 8.85 Å². The van der Waals surface area contributed by atoms with Crippen molar-refractivity contribution in [2.45, 2.75) is 90.6 Å². The molecule has 0 aromatic heterocycles. The summed E-state index contributed by atoms with van der Waals surface area (Å²) >= 11 is 0. The molecule has 0 radical (unpaired) electrons. The van der Waals surface area contributed by atoms with Crippen molar-refractivity contribution in [2.24, 2.45) is 0 Å². The van der Waals surface area contributed by atoms with Crippen LogP contribution in [0.25, 0.3) is 0 Å². The first-order chi connectivity index (χ1) is 11.2. The van der Waals surface area contributed by atoms with Crippen LogP contribution in [0.3, 0.4) is 0 Å². The Balaban J connectivity index is 2.51. The Labute approximate surface area is 158 Å². The standard InChI is InChI=1S/C21H40O2Si2/c1-20(2,3)24(7,8)22-17-11-12-18-13-15-19(16-14-18)23-25(9,10)21(4,5)6/h13-16H,11-12,17H2,1-10H3. The second kappa shape index (κ2) is 7.97. The summed E-state index contributed by atoms with van der Waals surface area (Å²) in [6, 6.07) is 8.67. The van der Waals surface area contributed by atoms with Gasteiger partial charge in [0, 0.05) is 6.61 Å². The second-order valence-corrected chi connectivity index (χ2v) is 19.8. The summed E-state index contributed by atoms with van der Waals surface area (Å²) in [4.78, 5) is 0. The van der Waals surface area contributed by atoms with Gasteiger partial charge in [-0.3, -0.25) is 0 Å². The van der Waals surface area contributed by atoms with Crippen molar-refractivity contribution in [1.29, 1.82) is 0 Å². The summed E-state index contributed by atoms with van der Waals surface area (Å²) in [5, 5.41) is 0.516. The summed E-state index contributed by atoms with van der Waals surface area (Å²) < 4.78 is 12.6. The van der Waals surface area contributed by atoms with Crippen LogP contribution >= 0.6 is 0 Å². The van der Waals surface area contributed by atoms with Gasteiger partial charge in [0.1, 0.15) is 5.75 Å². The third-order valence-electron chi connectivity index (χ3n) is 5.98. The first-order valence-electron chi connectivity index (χ1n) is 9.58. The molecule has 0 saturated heterocycles. The highest BCUT2D eigenvalue weighted by Gasteiger charge is 2.39. The molecule has 0 heterocycles. The monoisotopic (exact) mass is 380 g/mol. The number of hydrogen-bond acceptors (Lipinski definition) is 2. The van der Waals surface area contributed by atoms with Gasteiger partial charge in [-0.15, -0.1) is 0 Å². The van der Waals surface area contributed by atoms with Crippen LogP contribution in [0.15, 0.2) is 24.3 Å². The van der Waals surface area contributed by atoms with Gasteiger partial charge in [-0.2, -0.15) is 0 Å². The summed E-state index contributed by atoms with van der Waals surface area (Å²) in [5.74, 6) is 1.01. The molecule has 1 rings (SSSR count). The van der Waals surface area contributed by atoms with Gasteiger partial charge in [-0.1, -0.05) is 53.7 Å². The molecule has 144 valence electrons. The maximum absolute atomic E-state index is 6.35. The molecule has 0 N–H and O–H groups in total. The third-order valence-corrected chi connectivity index (χ3v) is 14.9.